The number of aromatic nitrogens is 4. The molecule has 0 aliphatic carbocycles. The number of nitrogens with one attached hydrogen (secondary N) is 1. The lowest BCUT2D eigenvalue weighted by Gasteiger charge is -2.07. The second-order valence-corrected chi connectivity index (χ2v) is 7.37. The van der Waals surface area contributed by atoms with Gasteiger partial charge in [-0.05, 0) is 36.8 Å². The van der Waals surface area contributed by atoms with Crippen LogP contribution >= 0.6 is 15.9 Å². The molecule has 146 valence electrons. The maximum absolute atomic E-state index is 12.7. The van der Waals surface area contributed by atoms with Gasteiger partial charge in [-0.3, -0.25) is 4.79 Å². The number of aryl methyl sites for hydroxylation is 1. The van der Waals surface area contributed by atoms with Crippen LogP contribution < -0.4 is 5.32 Å². The van der Waals surface area contributed by atoms with Crippen molar-refractivity contribution in [2.24, 2.45) is 0 Å². The summed E-state index contributed by atoms with van der Waals surface area (Å²) >= 11 is 3.45. The lowest BCUT2D eigenvalue weighted by Crippen LogP contribution is -2.18. The summed E-state index contributed by atoms with van der Waals surface area (Å²) in [5.74, 6) is -0.336. The Hall–Kier alpha value is -3.10. The molecule has 0 radical (unpaired) electrons. The summed E-state index contributed by atoms with van der Waals surface area (Å²) in [6, 6.07) is 17.1. The molecule has 0 fully saturated rings. The Kier molecular flexibility index (Phi) is 5.37. The van der Waals surface area contributed by atoms with Gasteiger partial charge in [0.15, 0.2) is 11.3 Å². The number of rotatable bonds is 5. The van der Waals surface area contributed by atoms with Crippen molar-refractivity contribution < 1.29 is 9.53 Å². The van der Waals surface area contributed by atoms with E-state index in [-0.39, 0.29) is 11.6 Å². The molecule has 29 heavy (non-hydrogen) atoms. The van der Waals surface area contributed by atoms with Crippen LogP contribution in [0.2, 0.25) is 0 Å². The monoisotopic (exact) mass is 451 g/mol. The molecule has 8 heteroatoms. The number of ether oxygens (including phenoxy) is 1. The number of para-hydroxylation sites is 1. The number of carbonyl (C=O) groups excluding carboxylic acids is 1. The molecule has 0 aliphatic rings. The van der Waals surface area contributed by atoms with Crippen LogP contribution in [0.1, 0.15) is 21.9 Å². The van der Waals surface area contributed by atoms with E-state index in [2.05, 4.69) is 36.5 Å². The van der Waals surface area contributed by atoms with Crippen LogP contribution in [0.4, 0.5) is 5.69 Å². The molecule has 2 heterocycles. The van der Waals surface area contributed by atoms with Gasteiger partial charge in [-0.1, -0.05) is 46.3 Å². The molecule has 0 spiro atoms. The first-order chi connectivity index (χ1) is 14.1. The first-order valence-corrected chi connectivity index (χ1v) is 9.74. The number of hydrogen-bond acceptors (Lipinski definition) is 5. The number of hydrogen-bond donors (Lipinski definition) is 1. The summed E-state index contributed by atoms with van der Waals surface area (Å²) in [7, 11) is 1.62. The summed E-state index contributed by atoms with van der Waals surface area (Å²) in [6.45, 7) is 2.12. The first-order valence-electron chi connectivity index (χ1n) is 8.94. The third kappa shape index (κ3) is 3.76. The number of carbonyl (C=O) groups is 1. The minimum atomic E-state index is -0.336. The zero-order chi connectivity index (χ0) is 20.4. The lowest BCUT2D eigenvalue weighted by atomic mass is 10.1. The molecule has 0 unspecified atom stereocenters. The fourth-order valence-corrected chi connectivity index (χ4v) is 3.39. The van der Waals surface area contributed by atoms with Crippen molar-refractivity contribution in [2.75, 3.05) is 12.4 Å². The highest BCUT2D eigenvalue weighted by atomic mass is 79.9. The fourth-order valence-electron chi connectivity index (χ4n) is 3.12. The highest BCUT2D eigenvalue weighted by molar-refractivity contribution is 9.10. The van der Waals surface area contributed by atoms with Crippen LogP contribution in [0.25, 0.3) is 16.8 Å². The molecule has 0 saturated carbocycles. The predicted molar refractivity (Wildman–Crippen MR) is 114 cm³/mol. The molecule has 0 saturated heterocycles. The lowest BCUT2D eigenvalue weighted by molar-refractivity contribution is 0.102. The van der Waals surface area contributed by atoms with Crippen molar-refractivity contribution in [3.8, 4) is 11.1 Å². The van der Waals surface area contributed by atoms with Crippen molar-refractivity contribution in [3.63, 3.8) is 0 Å². The van der Waals surface area contributed by atoms with E-state index in [4.69, 9.17) is 4.74 Å². The highest BCUT2D eigenvalue weighted by Crippen LogP contribution is 2.29. The average Bonchev–Trinajstić information content (AvgIpc) is 3.09. The van der Waals surface area contributed by atoms with Crippen LogP contribution in [-0.2, 0) is 11.3 Å². The summed E-state index contributed by atoms with van der Waals surface area (Å²) in [6.07, 6.45) is 0. The first kappa shape index (κ1) is 19.2. The molecular formula is C21H18BrN5O2. The van der Waals surface area contributed by atoms with Gasteiger partial charge in [-0.2, -0.15) is 5.10 Å². The number of halogens is 1. The number of methoxy groups -OCH3 is 1. The summed E-state index contributed by atoms with van der Waals surface area (Å²) < 4.78 is 7.96. The van der Waals surface area contributed by atoms with E-state index in [0.717, 1.165) is 21.3 Å². The smallest absolute Gasteiger partial charge is 0.278 e. The number of nitrogens with zero attached hydrogens (tertiary/aromatic N) is 4. The maximum Gasteiger partial charge on any atom is 0.278 e. The molecule has 0 aliphatic heterocycles. The third-order valence-corrected chi connectivity index (χ3v) is 5.03. The largest absolute Gasteiger partial charge is 0.378 e. The van der Waals surface area contributed by atoms with E-state index in [9.17, 15) is 4.79 Å². The molecule has 2 aromatic heterocycles. The second kappa shape index (κ2) is 8.10. The van der Waals surface area contributed by atoms with Crippen LogP contribution in [0, 0.1) is 6.92 Å². The van der Waals surface area contributed by atoms with Crippen molar-refractivity contribution in [1.82, 2.24) is 19.8 Å². The molecule has 4 rings (SSSR count). The molecule has 1 amide bonds. The molecular weight excluding hydrogens is 434 g/mol. The number of amides is 1. The van der Waals surface area contributed by atoms with Gasteiger partial charge in [0.25, 0.3) is 5.91 Å². The van der Waals surface area contributed by atoms with Gasteiger partial charge in [0.05, 0.1) is 23.6 Å². The van der Waals surface area contributed by atoms with Crippen LogP contribution in [0.5, 0.6) is 0 Å². The van der Waals surface area contributed by atoms with E-state index in [1.165, 1.54) is 0 Å². The van der Waals surface area contributed by atoms with E-state index < -0.39 is 0 Å². The Morgan fingerprint density at radius 3 is 2.52 bits per heavy atom. The van der Waals surface area contributed by atoms with E-state index in [1.807, 2.05) is 54.6 Å². The Balaban J connectivity index is 1.80. The number of fused-ring (bicyclic) bond motifs is 1. The Morgan fingerprint density at radius 2 is 1.83 bits per heavy atom. The van der Waals surface area contributed by atoms with Gasteiger partial charge < -0.3 is 10.1 Å². The van der Waals surface area contributed by atoms with Gasteiger partial charge in [0.2, 0.25) is 0 Å². The number of anilines is 1. The molecule has 7 nitrogen and oxygen atoms in total. The topological polar surface area (TPSA) is 81.4 Å². The van der Waals surface area contributed by atoms with Gasteiger partial charge in [-0.15, -0.1) is 10.2 Å². The minimum Gasteiger partial charge on any atom is -0.378 e. The Labute approximate surface area is 175 Å². The van der Waals surface area contributed by atoms with Crippen molar-refractivity contribution in [2.45, 2.75) is 13.5 Å². The van der Waals surface area contributed by atoms with Crippen molar-refractivity contribution >= 4 is 33.2 Å². The SMILES string of the molecule is COCc1nn2c(C)c(C(=O)Nc3ccccc3)nnc2c1-c1ccc(Br)cc1. The third-order valence-electron chi connectivity index (χ3n) is 4.50. The second-order valence-electron chi connectivity index (χ2n) is 6.45. The quantitative estimate of drug-likeness (QED) is 0.490. The van der Waals surface area contributed by atoms with Crippen LogP contribution in [-0.4, -0.2) is 32.8 Å². The molecule has 2 aromatic carbocycles. The fraction of sp³-hybridized carbons (Fsp3) is 0.143. The molecule has 4 aromatic rings. The summed E-state index contributed by atoms with van der Waals surface area (Å²) in [5, 5.41) is 16.0. The Bertz CT molecular complexity index is 1170. The summed E-state index contributed by atoms with van der Waals surface area (Å²) in [5.41, 5.74) is 4.60. The zero-order valence-corrected chi connectivity index (χ0v) is 17.5. The average molecular weight is 452 g/mol. The summed E-state index contributed by atoms with van der Waals surface area (Å²) in [4.78, 5) is 12.7. The zero-order valence-electron chi connectivity index (χ0n) is 15.9. The normalized spacial score (nSPS) is 11.0. The van der Waals surface area contributed by atoms with Gasteiger partial charge >= 0.3 is 0 Å². The Morgan fingerprint density at radius 1 is 1.10 bits per heavy atom. The van der Waals surface area contributed by atoms with Crippen molar-refractivity contribution in [3.05, 3.63) is 76.2 Å². The van der Waals surface area contributed by atoms with Gasteiger partial charge in [0, 0.05) is 17.3 Å². The van der Waals surface area contributed by atoms with Crippen LogP contribution in [0.15, 0.2) is 59.1 Å². The standard InChI is InChI=1S/C21H18BrN5O2/c1-13-19(21(28)23-16-6-4-3-5-7-16)24-25-20-18(14-8-10-15(22)11-9-14)17(12-29-2)26-27(13)20/h3-11H,12H2,1-2H3,(H,23,28). The molecule has 0 atom stereocenters. The van der Waals surface area contributed by atoms with Crippen molar-refractivity contribution in [1.29, 1.82) is 0 Å². The van der Waals surface area contributed by atoms with Gasteiger partial charge in [-0.25, -0.2) is 4.52 Å². The van der Waals surface area contributed by atoms with E-state index in [1.54, 1.807) is 18.5 Å². The number of benzene rings is 2. The minimum absolute atomic E-state index is 0.218. The van der Waals surface area contributed by atoms with E-state index in [0.29, 0.717) is 23.6 Å². The van der Waals surface area contributed by atoms with Gasteiger partial charge in [0.1, 0.15) is 0 Å². The van der Waals surface area contributed by atoms with Crippen LogP contribution in [0.3, 0.4) is 0 Å². The predicted octanol–water partition coefficient (Wildman–Crippen LogP) is 4.26. The molecule has 1 N–H and O–H groups in total. The van der Waals surface area contributed by atoms with E-state index >= 15 is 0 Å². The maximum atomic E-state index is 12.7. The molecule has 0 bridgehead atoms. The highest BCUT2D eigenvalue weighted by Gasteiger charge is 2.21.